The molecule has 2 bridgehead atoms. The molecule has 0 spiro atoms. The van der Waals surface area contributed by atoms with E-state index in [0.717, 1.165) is 22.3 Å². The summed E-state index contributed by atoms with van der Waals surface area (Å²) in [6.45, 7) is 5.28. The van der Waals surface area contributed by atoms with Crippen molar-refractivity contribution in [1.82, 2.24) is 5.32 Å². The summed E-state index contributed by atoms with van der Waals surface area (Å²) in [5, 5.41) is 13.0. The number of nitrogens with one attached hydrogen (secondary N) is 1. The molecular weight excluding hydrogens is 342 g/mol. The Kier molecular flexibility index (Phi) is 3.81. The van der Waals surface area contributed by atoms with E-state index in [0.29, 0.717) is 6.42 Å². The molecule has 27 heavy (non-hydrogen) atoms. The van der Waals surface area contributed by atoms with Crippen molar-refractivity contribution in [2.75, 3.05) is 0 Å². The van der Waals surface area contributed by atoms with Crippen LogP contribution in [0.2, 0.25) is 0 Å². The Hall–Kier alpha value is -2.82. The standard InChI is InChI=1S/C22H23NO4/c1-21(2,3)27-20(26)23-22(19(24)25)12-17-13-8-4-6-10-15(13)18(22)16-11-7-5-9-14(16)17/h4-11,17-18H,12H2,1-3H3,(H,23,26)(H,24,25). The fraction of sp³-hybridized carbons (Fsp3) is 0.364. The van der Waals surface area contributed by atoms with Gasteiger partial charge in [-0.1, -0.05) is 48.5 Å². The Bertz CT molecular complexity index is 882. The van der Waals surface area contributed by atoms with Crippen molar-refractivity contribution in [2.45, 2.75) is 50.2 Å². The van der Waals surface area contributed by atoms with Crippen LogP contribution < -0.4 is 5.32 Å². The molecule has 5 nitrogen and oxygen atoms in total. The van der Waals surface area contributed by atoms with Crippen molar-refractivity contribution in [3.8, 4) is 0 Å². The van der Waals surface area contributed by atoms with E-state index in [1.54, 1.807) is 20.8 Å². The van der Waals surface area contributed by atoms with Crippen molar-refractivity contribution in [1.29, 1.82) is 0 Å². The fourth-order valence-corrected chi connectivity index (χ4v) is 4.58. The lowest BCUT2D eigenvalue weighted by atomic mass is 9.55. The van der Waals surface area contributed by atoms with Crippen LogP contribution in [0.15, 0.2) is 48.5 Å². The molecule has 140 valence electrons. The van der Waals surface area contributed by atoms with E-state index in [1.807, 2.05) is 36.4 Å². The summed E-state index contributed by atoms with van der Waals surface area (Å²) >= 11 is 0. The number of amides is 1. The minimum absolute atomic E-state index is 0.0755. The maximum absolute atomic E-state index is 12.5. The third-order valence-corrected chi connectivity index (χ3v) is 5.49. The van der Waals surface area contributed by atoms with E-state index in [-0.39, 0.29) is 5.92 Å². The lowest BCUT2D eigenvalue weighted by Crippen LogP contribution is -2.63. The van der Waals surface area contributed by atoms with E-state index >= 15 is 0 Å². The largest absolute Gasteiger partial charge is 0.479 e. The minimum Gasteiger partial charge on any atom is -0.479 e. The Labute approximate surface area is 158 Å². The highest BCUT2D eigenvalue weighted by molar-refractivity contribution is 5.89. The zero-order valence-corrected chi connectivity index (χ0v) is 15.7. The van der Waals surface area contributed by atoms with Crippen LogP contribution in [-0.4, -0.2) is 28.3 Å². The van der Waals surface area contributed by atoms with Gasteiger partial charge < -0.3 is 15.2 Å². The molecule has 5 rings (SSSR count). The monoisotopic (exact) mass is 365 g/mol. The molecule has 0 radical (unpaired) electrons. The van der Waals surface area contributed by atoms with Crippen LogP contribution in [0.3, 0.4) is 0 Å². The summed E-state index contributed by atoms with van der Waals surface area (Å²) < 4.78 is 5.39. The second-order valence-corrected chi connectivity index (χ2v) is 8.35. The molecule has 2 aromatic carbocycles. The smallest absolute Gasteiger partial charge is 0.408 e. The number of alkyl carbamates (subject to hydrolysis) is 1. The van der Waals surface area contributed by atoms with Crippen LogP contribution in [0.4, 0.5) is 4.79 Å². The average Bonchev–Trinajstić information content (AvgIpc) is 2.60. The van der Waals surface area contributed by atoms with Gasteiger partial charge in [0, 0.05) is 11.8 Å². The van der Waals surface area contributed by atoms with E-state index in [9.17, 15) is 14.7 Å². The molecule has 0 fully saturated rings. The lowest BCUT2D eigenvalue weighted by Gasteiger charge is -2.51. The summed E-state index contributed by atoms with van der Waals surface area (Å²) in [4.78, 5) is 25.1. The predicted octanol–water partition coefficient (Wildman–Crippen LogP) is 4.02. The second kappa shape index (κ2) is 5.84. The number of carbonyl (C=O) groups excluding carboxylic acids is 1. The van der Waals surface area contributed by atoms with Gasteiger partial charge in [0.15, 0.2) is 5.54 Å². The first-order valence-electron chi connectivity index (χ1n) is 9.15. The van der Waals surface area contributed by atoms with Crippen molar-refractivity contribution in [3.05, 3.63) is 70.8 Å². The summed E-state index contributed by atoms with van der Waals surface area (Å²) in [6.07, 6.45) is -0.396. The van der Waals surface area contributed by atoms with Crippen LogP contribution in [0, 0.1) is 0 Å². The van der Waals surface area contributed by atoms with Gasteiger partial charge in [-0.25, -0.2) is 9.59 Å². The van der Waals surface area contributed by atoms with E-state index < -0.39 is 29.1 Å². The van der Waals surface area contributed by atoms with Gasteiger partial charge in [0.05, 0.1) is 0 Å². The van der Waals surface area contributed by atoms with Gasteiger partial charge in [-0.05, 0) is 49.4 Å². The highest BCUT2D eigenvalue weighted by Gasteiger charge is 2.58. The number of hydrogen-bond acceptors (Lipinski definition) is 3. The zero-order chi connectivity index (χ0) is 19.4. The average molecular weight is 365 g/mol. The molecular formula is C22H23NO4. The molecule has 0 saturated heterocycles. The molecule has 0 aliphatic heterocycles. The number of carboxylic acids is 1. The van der Waals surface area contributed by atoms with E-state index in [1.165, 1.54) is 0 Å². The highest BCUT2D eigenvalue weighted by atomic mass is 16.6. The Morgan fingerprint density at radius 1 is 1.00 bits per heavy atom. The summed E-state index contributed by atoms with van der Waals surface area (Å²) in [5.74, 6) is -1.57. The Balaban J connectivity index is 1.86. The molecule has 5 heteroatoms. The first-order valence-corrected chi connectivity index (χ1v) is 9.15. The van der Waals surface area contributed by atoms with Crippen LogP contribution in [-0.2, 0) is 9.53 Å². The molecule has 1 amide bonds. The SMILES string of the molecule is CC(C)(C)OC(=O)NC1(C(=O)O)CC2c3ccccc3C1c1ccccc12. The highest BCUT2D eigenvalue weighted by Crippen LogP contribution is 2.57. The topological polar surface area (TPSA) is 75.6 Å². The van der Waals surface area contributed by atoms with Crippen molar-refractivity contribution >= 4 is 12.1 Å². The Morgan fingerprint density at radius 3 is 1.93 bits per heavy atom. The molecule has 3 aliphatic carbocycles. The maximum Gasteiger partial charge on any atom is 0.408 e. The molecule has 0 aromatic heterocycles. The lowest BCUT2D eigenvalue weighted by molar-refractivity contribution is -0.146. The predicted molar refractivity (Wildman–Crippen MR) is 101 cm³/mol. The quantitative estimate of drug-likeness (QED) is 0.843. The molecule has 3 aliphatic rings. The molecule has 2 aromatic rings. The molecule has 0 saturated carbocycles. The van der Waals surface area contributed by atoms with Crippen LogP contribution in [0.1, 0.15) is 61.3 Å². The number of rotatable bonds is 2. The van der Waals surface area contributed by atoms with Gasteiger partial charge in [0.25, 0.3) is 0 Å². The number of hydrogen-bond donors (Lipinski definition) is 2. The number of carboxylic acid groups (broad SMARTS) is 1. The minimum atomic E-state index is -1.43. The molecule has 2 N–H and O–H groups in total. The van der Waals surface area contributed by atoms with Crippen LogP contribution in [0.5, 0.6) is 0 Å². The number of carbonyl (C=O) groups is 2. The first-order chi connectivity index (χ1) is 12.7. The van der Waals surface area contributed by atoms with Crippen molar-refractivity contribution < 1.29 is 19.4 Å². The summed E-state index contributed by atoms with van der Waals surface area (Å²) in [6, 6.07) is 15.8. The molecule has 1 atom stereocenters. The summed E-state index contributed by atoms with van der Waals surface area (Å²) in [5.41, 5.74) is 2.08. The van der Waals surface area contributed by atoms with Crippen molar-refractivity contribution in [2.24, 2.45) is 0 Å². The van der Waals surface area contributed by atoms with Gasteiger partial charge in [0.2, 0.25) is 0 Å². The second-order valence-electron chi connectivity index (χ2n) is 8.35. The van der Waals surface area contributed by atoms with Gasteiger partial charge in [-0.3, -0.25) is 0 Å². The normalized spacial score (nSPS) is 25.3. The molecule has 0 heterocycles. The Morgan fingerprint density at radius 2 is 1.48 bits per heavy atom. The van der Waals surface area contributed by atoms with Gasteiger partial charge in [0.1, 0.15) is 5.60 Å². The fourth-order valence-electron chi connectivity index (χ4n) is 4.58. The van der Waals surface area contributed by atoms with Crippen LogP contribution >= 0.6 is 0 Å². The van der Waals surface area contributed by atoms with E-state index in [2.05, 4.69) is 17.4 Å². The van der Waals surface area contributed by atoms with Crippen molar-refractivity contribution in [3.63, 3.8) is 0 Å². The van der Waals surface area contributed by atoms with Gasteiger partial charge >= 0.3 is 12.1 Å². The summed E-state index contributed by atoms with van der Waals surface area (Å²) in [7, 11) is 0. The number of benzene rings is 2. The number of aliphatic carboxylic acids is 1. The maximum atomic E-state index is 12.5. The van der Waals surface area contributed by atoms with Crippen LogP contribution in [0.25, 0.3) is 0 Å². The third kappa shape index (κ3) is 2.69. The van der Waals surface area contributed by atoms with Gasteiger partial charge in [-0.2, -0.15) is 0 Å². The molecule has 1 unspecified atom stereocenters. The van der Waals surface area contributed by atoms with E-state index in [4.69, 9.17) is 4.74 Å². The number of ether oxygens (including phenoxy) is 1. The number of fused-ring (bicyclic) bond motifs is 1. The third-order valence-electron chi connectivity index (χ3n) is 5.49. The zero-order valence-electron chi connectivity index (χ0n) is 15.7. The first kappa shape index (κ1) is 17.6. The van der Waals surface area contributed by atoms with Gasteiger partial charge in [-0.15, -0.1) is 0 Å².